The van der Waals surface area contributed by atoms with Gasteiger partial charge in [0.1, 0.15) is 0 Å². The quantitative estimate of drug-likeness (QED) is 0.769. The molecule has 1 saturated heterocycles. The van der Waals surface area contributed by atoms with E-state index in [4.69, 9.17) is 4.74 Å². The molecule has 0 saturated carbocycles. The summed E-state index contributed by atoms with van der Waals surface area (Å²) in [7, 11) is -3.71. The highest BCUT2D eigenvalue weighted by Crippen LogP contribution is 2.15. The molecular weight excluding hydrogens is 344 g/mol. The van der Waals surface area contributed by atoms with Gasteiger partial charge in [-0.2, -0.15) is 0 Å². The summed E-state index contributed by atoms with van der Waals surface area (Å²) in [4.78, 5) is 26.1. The molecule has 25 heavy (non-hydrogen) atoms. The Morgan fingerprint density at radius 3 is 2.40 bits per heavy atom. The number of likely N-dealkylation sites (tertiary alicyclic amines) is 1. The molecule has 2 rings (SSSR count). The second kappa shape index (κ2) is 7.97. The van der Waals surface area contributed by atoms with Gasteiger partial charge in [0.05, 0.1) is 10.5 Å². The van der Waals surface area contributed by atoms with Crippen LogP contribution >= 0.6 is 0 Å². The van der Waals surface area contributed by atoms with Crippen LogP contribution in [-0.2, 0) is 19.6 Å². The minimum atomic E-state index is -3.71. The lowest BCUT2D eigenvalue weighted by Crippen LogP contribution is -2.38. The van der Waals surface area contributed by atoms with E-state index in [1.54, 1.807) is 18.7 Å². The Bertz CT molecular complexity index is 739. The zero-order valence-corrected chi connectivity index (χ0v) is 15.5. The normalized spacial score (nSPS) is 16.1. The van der Waals surface area contributed by atoms with Crippen LogP contribution in [0.3, 0.4) is 0 Å². The standard InChI is InChI=1S/C17H24N2O5S/c1-12(2)18-25(22,23)15-8-6-7-14(11-15)17(21)24-13(3)16(20)19-9-4-5-10-19/h6-8,11-13,18H,4-5,9-10H2,1-3H3. The van der Waals surface area contributed by atoms with Crippen molar-refractivity contribution in [1.82, 2.24) is 9.62 Å². The van der Waals surface area contributed by atoms with E-state index in [-0.39, 0.29) is 22.4 Å². The molecule has 1 aliphatic rings. The highest BCUT2D eigenvalue weighted by Gasteiger charge is 2.26. The first-order valence-corrected chi connectivity index (χ1v) is 9.81. The second-order valence-corrected chi connectivity index (χ2v) is 8.10. The maximum Gasteiger partial charge on any atom is 0.338 e. The molecule has 1 aromatic carbocycles. The number of rotatable bonds is 6. The fourth-order valence-electron chi connectivity index (χ4n) is 2.64. The number of nitrogens with one attached hydrogen (secondary N) is 1. The average molecular weight is 368 g/mol. The van der Waals surface area contributed by atoms with Crippen LogP contribution in [0.1, 0.15) is 44.0 Å². The van der Waals surface area contributed by atoms with Crippen LogP contribution in [0.4, 0.5) is 0 Å². The molecule has 1 fully saturated rings. The van der Waals surface area contributed by atoms with Gasteiger partial charge in [0, 0.05) is 19.1 Å². The number of hydrogen-bond donors (Lipinski definition) is 1. The average Bonchev–Trinajstić information content (AvgIpc) is 3.07. The zero-order valence-electron chi connectivity index (χ0n) is 14.7. The zero-order chi connectivity index (χ0) is 18.6. The molecule has 0 aliphatic carbocycles. The molecule has 1 heterocycles. The summed E-state index contributed by atoms with van der Waals surface area (Å²) in [6.07, 6.45) is 1.00. The lowest BCUT2D eigenvalue weighted by atomic mass is 10.2. The lowest BCUT2D eigenvalue weighted by Gasteiger charge is -2.20. The Balaban J connectivity index is 2.09. The molecular formula is C17H24N2O5S. The summed E-state index contributed by atoms with van der Waals surface area (Å²) in [5.41, 5.74) is 0.0905. The summed E-state index contributed by atoms with van der Waals surface area (Å²) in [6.45, 7) is 6.30. The Labute approximate surface area is 148 Å². The van der Waals surface area contributed by atoms with Gasteiger partial charge in [-0.3, -0.25) is 4.79 Å². The van der Waals surface area contributed by atoms with E-state index in [1.165, 1.54) is 31.2 Å². The van der Waals surface area contributed by atoms with Crippen molar-refractivity contribution in [2.75, 3.05) is 13.1 Å². The summed E-state index contributed by atoms with van der Waals surface area (Å²) in [6, 6.07) is 5.32. The van der Waals surface area contributed by atoms with Crippen LogP contribution in [0, 0.1) is 0 Å². The van der Waals surface area contributed by atoms with E-state index in [0.29, 0.717) is 13.1 Å². The van der Waals surface area contributed by atoms with Crippen molar-refractivity contribution in [1.29, 1.82) is 0 Å². The Morgan fingerprint density at radius 1 is 1.16 bits per heavy atom. The van der Waals surface area contributed by atoms with E-state index in [2.05, 4.69) is 4.72 Å². The van der Waals surface area contributed by atoms with Gasteiger partial charge in [-0.1, -0.05) is 6.07 Å². The smallest absolute Gasteiger partial charge is 0.338 e. The van der Waals surface area contributed by atoms with Crippen LogP contribution in [0.25, 0.3) is 0 Å². The molecule has 1 N–H and O–H groups in total. The molecule has 1 amide bonds. The van der Waals surface area contributed by atoms with Gasteiger partial charge in [-0.05, 0) is 51.8 Å². The van der Waals surface area contributed by atoms with Crippen molar-refractivity contribution < 1.29 is 22.7 Å². The van der Waals surface area contributed by atoms with Gasteiger partial charge >= 0.3 is 5.97 Å². The summed E-state index contributed by atoms with van der Waals surface area (Å²) < 4.78 is 32.1. The van der Waals surface area contributed by atoms with Gasteiger partial charge in [0.25, 0.3) is 5.91 Å². The molecule has 0 aromatic heterocycles. The third kappa shape index (κ3) is 5.02. The van der Waals surface area contributed by atoms with E-state index < -0.39 is 22.1 Å². The van der Waals surface area contributed by atoms with Gasteiger partial charge < -0.3 is 9.64 Å². The largest absolute Gasteiger partial charge is 0.449 e. The Kier molecular flexibility index (Phi) is 6.18. The fourth-order valence-corrected chi connectivity index (χ4v) is 3.94. The van der Waals surface area contributed by atoms with Gasteiger partial charge in [0.2, 0.25) is 10.0 Å². The second-order valence-electron chi connectivity index (χ2n) is 6.38. The molecule has 138 valence electrons. The first-order chi connectivity index (χ1) is 11.7. The number of benzene rings is 1. The molecule has 0 bridgehead atoms. The predicted molar refractivity (Wildman–Crippen MR) is 92.6 cm³/mol. The van der Waals surface area contributed by atoms with Crippen LogP contribution in [0.5, 0.6) is 0 Å². The number of hydrogen-bond acceptors (Lipinski definition) is 5. The van der Waals surface area contributed by atoms with E-state index in [0.717, 1.165) is 12.8 Å². The summed E-state index contributed by atoms with van der Waals surface area (Å²) in [5, 5.41) is 0. The minimum Gasteiger partial charge on any atom is -0.449 e. The third-order valence-electron chi connectivity index (χ3n) is 3.82. The maximum absolute atomic E-state index is 12.3. The number of sulfonamides is 1. The maximum atomic E-state index is 12.3. The van der Waals surface area contributed by atoms with Crippen LogP contribution in [0.2, 0.25) is 0 Å². The summed E-state index contributed by atoms with van der Waals surface area (Å²) >= 11 is 0. The van der Waals surface area contributed by atoms with E-state index in [1.807, 2.05) is 0 Å². The highest BCUT2D eigenvalue weighted by molar-refractivity contribution is 7.89. The van der Waals surface area contributed by atoms with Gasteiger partial charge in [0.15, 0.2) is 6.10 Å². The van der Waals surface area contributed by atoms with Gasteiger partial charge in [-0.25, -0.2) is 17.9 Å². The molecule has 0 spiro atoms. The number of nitrogens with zero attached hydrogens (tertiary/aromatic N) is 1. The fraction of sp³-hybridized carbons (Fsp3) is 0.529. The minimum absolute atomic E-state index is 0.0193. The third-order valence-corrected chi connectivity index (χ3v) is 5.48. The van der Waals surface area contributed by atoms with Crippen molar-refractivity contribution in [2.45, 2.75) is 50.7 Å². The molecule has 1 aliphatic heterocycles. The van der Waals surface area contributed by atoms with E-state index >= 15 is 0 Å². The first-order valence-electron chi connectivity index (χ1n) is 8.33. The number of carbonyl (C=O) groups excluding carboxylic acids is 2. The SMILES string of the molecule is CC(C)NS(=O)(=O)c1cccc(C(=O)OC(C)C(=O)N2CCCC2)c1. The molecule has 1 atom stereocenters. The van der Waals surface area contributed by atoms with Crippen LogP contribution < -0.4 is 4.72 Å². The molecule has 8 heteroatoms. The topological polar surface area (TPSA) is 92.8 Å². The van der Waals surface area contributed by atoms with Crippen molar-refractivity contribution in [3.05, 3.63) is 29.8 Å². The number of carbonyl (C=O) groups is 2. The predicted octanol–water partition coefficient (Wildman–Crippen LogP) is 1.54. The highest BCUT2D eigenvalue weighted by atomic mass is 32.2. The lowest BCUT2D eigenvalue weighted by molar-refractivity contribution is -0.138. The number of ether oxygens (including phenoxy) is 1. The first kappa shape index (κ1) is 19.4. The molecule has 1 aromatic rings. The molecule has 7 nitrogen and oxygen atoms in total. The number of amides is 1. The monoisotopic (exact) mass is 368 g/mol. The number of esters is 1. The van der Waals surface area contributed by atoms with Crippen molar-refractivity contribution in [3.63, 3.8) is 0 Å². The van der Waals surface area contributed by atoms with Crippen LogP contribution in [-0.4, -0.2) is 50.4 Å². The van der Waals surface area contributed by atoms with Crippen molar-refractivity contribution >= 4 is 21.9 Å². The van der Waals surface area contributed by atoms with Crippen molar-refractivity contribution in [3.8, 4) is 0 Å². The van der Waals surface area contributed by atoms with Gasteiger partial charge in [-0.15, -0.1) is 0 Å². The molecule has 0 radical (unpaired) electrons. The molecule has 1 unspecified atom stereocenters. The van der Waals surface area contributed by atoms with Crippen LogP contribution in [0.15, 0.2) is 29.2 Å². The Hall–Kier alpha value is -1.93. The van der Waals surface area contributed by atoms with Crippen molar-refractivity contribution in [2.24, 2.45) is 0 Å². The van der Waals surface area contributed by atoms with E-state index in [9.17, 15) is 18.0 Å². The summed E-state index contributed by atoms with van der Waals surface area (Å²) in [5.74, 6) is -0.947. The Morgan fingerprint density at radius 2 is 1.80 bits per heavy atom.